The molecule has 4 rings (SSSR count). The van der Waals surface area contributed by atoms with Gasteiger partial charge in [-0.05, 0) is 42.2 Å². The Morgan fingerprint density at radius 1 is 1.24 bits per heavy atom. The number of nitrogens with zero attached hydrogens (tertiary/aromatic N) is 2. The van der Waals surface area contributed by atoms with E-state index in [0.717, 1.165) is 28.9 Å². The summed E-state index contributed by atoms with van der Waals surface area (Å²) in [5, 5.41) is 11.7. The molecule has 4 N–H and O–H groups in total. The van der Waals surface area contributed by atoms with Gasteiger partial charge in [-0.3, -0.25) is 4.79 Å². The van der Waals surface area contributed by atoms with Crippen LogP contribution in [0.5, 0.6) is 0 Å². The summed E-state index contributed by atoms with van der Waals surface area (Å²) in [6, 6.07) is 8.13. The van der Waals surface area contributed by atoms with Crippen molar-refractivity contribution in [3.05, 3.63) is 47.2 Å². The number of rotatable bonds is 3. The minimum absolute atomic E-state index is 0.000747. The van der Waals surface area contributed by atoms with Crippen LogP contribution in [0.3, 0.4) is 0 Å². The predicted molar refractivity (Wildman–Crippen MR) is 97.4 cm³/mol. The maximum absolute atomic E-state index is 11.5. The Morgan fingerprint density at radius 3 is 2.96 bits per heavy atom. The van der Waals surface area contributed by atoms with E-state index in [1.54, 1.807) is 10.5 Å². The number of fused-ring (bicyclic) bond motifs is 2. The molecule has 1 aromatic carbocycles. The van der Waals surface area contributed by atoms with Crippen LogP contribution in [0, 0.1) is 0 Å². The van der Waals surface area contributed by atoms with Gasteiger partial charge in [0.15, 0.2) is 0 Å². The first-order chi connectivity index (χ1) is 12.1. The van der Waals surface area contributed by atoms with E-state index in [0.29, 0.717) is 31.7 Å². The molecule has 3 heterocycles. The molecule has 2 aliphatic heterocycles. The van der Waals surface area contributed by atoms with Gasteiger partial charge in [-0.2, -0.15) is 0 Å². The first-order valence-corrected chi connectivity index (χ1v) is 9.35. The molecule has 1 unspecified atom stereocenters. The van der Waals surface area contributed by atoms with E-state index in [4.69, 9.17) is 5.14 Å². The molecule has 0 aliphatic carbocycles. The average Bonchev–Trinajstić information content (AvgIpc) is 2.61. The van der Waals surface area contributed by atoms with Gasteiger partial charge in [-0.25, -0.2) is 4.98 Å². The van der Waals surface area contributed by atoms with Crippen molar-refractivity contribution in [2.45, 2.75) is 25.8 Å². The number of carbonyl (C=O) groups is 1. The van der Waals surface area contributed by atoms with Gasteiger partial charge in [0.25, 0.3) is 0 Å². The maximum atomic E-state index is 11.5. The topological polar surface area (TPSA) is 106 Å². The molecule has 1 amide bonds. The minimum Gasteiger partial charge on any atom is -0.579 e. The minimum atomic E-state index is -1.44. The van der Waals surface area contributed by atoms with Gasteiger partial charge < -0.3 is 15.2 Å². The number of nitrogens with one attached hydrogen (secondary N) is 2. The van der Waals surface area contributed by atoms with Crippen molar-refractivity contribution in [2.75, 3.05) is 17.2 Å². The van der Waals surface area contributed by atoms with Gasteiger partial charge >= 0.3 is 0 Å². The summed E-state index contributed by atoms with van der Waals surface area (Å²) in [5.74, 6) is 0.629. The molecule has 2 aliphatic rings. The number of anilines is 3. The normalized spacial score (nSPS) is 18.1. The zero-order valence-electron chi connectivity index (χ0n) is 13.6. The Bertz CT molecular complexity index is 827. The number of aromatic nitrogens is 1. The van der Waals surface area contributed by atoms with Crippen molar-refractivity contribution < 1.29 is 9.35 Å². The zero-order valence-corrected chi connectivity index (χ0v) is 14.4. The Hall–Kier alpha value is -2.13. The summed E-state index contributed by atoms with van der Waals surface area (Å²) >= 11 is -1.44. The molecule has 8 heteroatoms. The summed E-state index contributed by atoms with van der Waals surface area (Å²) in [6.45, 7) is 1.29. The summed E-state index contributed by atoms with van der Waals surface area (Å²) < 4.78 is 13.3. The van der Waals surface area contributed by atoms with Crippen LogP contribution >= 0.6 is 0 Å². The van der Waals surface area contributed by atoms with E-state index in [-0.39, 0.29) is 5.91 Å². The largest absolute Gasteiger partial charge is 0.579 e. The van der Waals surface area contributed by atoms with E-state index in [1.165, 1.54) is 5.56 Å². The maximum Gasteiger partial charge on any atom is 0.225 e. The molecule has 0 bridgehead atoms. The van der Waals surface area contributed by atoms with Crippen LogP contribution in [0.15, 0.2) is 30.5 Å². The molecule has 0 saturated heterocycles. The lowest BCUT2D eigenvalue weighted by molar-refractivity contribution is -0.116. The number of pyridine rings is 1. The molecular weight excluding hydrogens is 338 g/mol. The zero-order chi connectivity index (χ0) is 17.4. The number of amides is 1. The van der Waals surface area contributed by atoms with Gasteiger partial charge in [0.05, 0.1) is 13.1 Å². The number of benzene rings is 1. The van der Waals surface area contributed by atoms with Crippen LogP contribution in [0.4, 0.5) is 17.2 Å². The molecule has 25 heavy (non-hydrogen) atoms. The van der Waals surface area contributed by atoms with Crippen molar-refractivity contribution in [3.8, 4) is 0 Å². The van der Waals surface area contributed by atoms with Crippen molar-refractivity contribution in [1.82, 2.24) is 9.29 Å². The van der Waals surface area contributed by atoms with Crippen molar-refractivity contribution >= 4 is 34.6 Å². The first-order valence-electron chi connectivity index (χ1n) is 8.18. The van der Waals surface area contributed by atoms with Gasteiger partial charge in [0.2, 0.25) is 5.91 Å². The lowest BCUT2D eigenvalue weighted by atomic mass is 10.00. The third-order valence-corrected chi connectivity index (χ3v) is 5.45. The van der Waals surface area contributed by atoms with Crippen LogP contribution in [-0.4, -0.2) is 26.3 Å². The number of hydrogen-bond donors (Lipinski definition) is 3. The van der Waals surface area contributed by atoms with Gasteiger partial charge in [0.1, 0.15) is 17.4 Å². The summed E-state index contributed by atoms with van der Waals surface area (Å²) in [6.07, 6.45) is 3.66. The molecule has 0 fully saturated rings. The molecule has 0 spiro atoms. The molecule has 0 radical (unpaired) electrons. The fourth-order valence-corrected chi connectivity index (χ4v) is 3.86. The van der Waals surface area contributed by atoms with Crippen LogP contribution < -0.4 is 15.8 Å². The molecule has 2 aromatic rings. The van der Waals surface area contributed by atoms with E-state index in [2.05, 4.69) is 27.8 Å². The second-order valence-corrected chi connectivity index (χ2v) is 7.30. The Balaban J connectivity index is 1.59. The molecule has 0 saturated carbocycles. The fourth-order valence-electron chi connectivity index (χ4n) is 3.32. The van der Waals surface area contributed by atoms with E-state index in [9.17, 15) is 9.35 Å². The Labute approximate surface area is 149 Å². The highest BCUT2D eigenvalue weighted by Gasteiger charge is 2.24. The second-order valence-electron chi connectivity index (χ2n) is 6.23. The number of carbonyl (C=O) groups excluding carboxylic acids is 1. The van der Waals surface area contributed by atoms with E-state index < -0.39 is 11.5 Å². The molecule has 130 valence electrons. The smallest absolute Gasteiger partial charge is 0.225 e. The summed E-state index contributed by atoms with van der Waals surface area (Å²) in [4.78, 5) is 15.8. The second kappa shape index (κ2) is 6.64. The van der Waals surface area contributed by atoms with Gasteiger partial charge in [-0.15, -0.1) is 9.44 Å². The lowest BCUT2D eigenvalue weighted by Crippen LogP contribution is -2.40. The fraction of sp³-hybridized carbons (Fsp3) is 0.294. The Morgan fingerprint density at radius 2 is 2.12 bits per heavy atom. The van der Waals surface area contributed by atoms with Crippen LogP contribution in [-0.2, 0) is 35.7 Å². The summed E-state index contributed by atoms with van der Waals surface area (Å²) in [7, 11) is 0. The van der Waals surface area contributed by atoms with Gasteiger partial charge in [-0.1, -0.05) is 6.07 Å². The van der Waals surface area contributed by atoms with Crippen LogP contribution in [0.2, 0.25) is 0 Å². The first kappa shape index (κ1) is 16.3. The van der Waals surface area contributed by atoms with Crippen LogP contribution in [0.1, 0.15) is 23.1 Å². The van der Waals surface area contributed by atoms with Crippen molar-refractivity contribution in [3.63, 3.8) is 0 Å². The standard InChI is InChI=1S/C17H19N5O2S/c18-25(24)22-8-6-11-1-2-13(9-12(11)10-22)20-15-5-7-19-17-14(15)3-4-16(23)21-17/h1-2,5,7,9H,3-4,6,8,10,18H2,(H2,19,20,21,23). The van der Waals surface area contributed by atoms with Crippen LogP contribution in [0.25, 0.3) is 0 Å². The highest BCUT2D eigenvalue weighted by molar-refractivity contribution is 7.86. The molecular formula is C17H19N5O2S. The SMILES string of the molecule is N[S+]([O-])N1CCc2ccc(Nc3ccnc4c3CCC(=O)N4)cc2C1. The highest BCUT2D eigenvalue weighted by atomic mass is 32.2. The number of nitrogens with two attached hydrogens (primary N) is 1. The average molecular weight is 357 g/mol. The Kier molecular flexibility index (Phi) is 4.34. The third-order valence-electron chi connectivity index (χ3n) is 4.63. The lowest BCUT2D eigenvalue weighted by Gasteiger charge is -2.27. The highest BCUT2D eigenvalue weighted by Crippen LogP contribution is 2.31. The number of hydrogen-bond acceptors (Lipinski definition) is 6. The van der Waals surface area contributed by atoms with Gasteiger partial charge in [0, 0.05) is 29.6 Å². The molecule has 1 atom stereocenters. The van der Waals surface area contributed by atoms with Crippen molar-refractivity contribution in [2.24, 2.45) is 5.14 Å². The molecule has 1 aromatic heterocycles. The third kappa shape index (κ3) is 3.34. The quantitative estimate of drug-likeness (QED) is 0.721. The van der Waals surface area contributed by atoms with E-state index >= 15 is 0 Å². The van der Waals surface area contributed by atoms with Crippen molar-refractivity contribution in [1.29, 1.82) is 0 Å². The summed E-state index contributed by atoms with van der Waals surface area (Å²) in [5.41, 5.74) is 5.31. The monoisotopic (exact) mass is 357 g/mol. The predicted octanol–water partition coefficient (Wildman–Crippen LogP) is 1.61. The van der Waals surface area contributed by atoms with E-state index in [1.807, 2.05) is 12.1 Å². The molecule has 7 nitrogen and oxygen atoms in total.